The second-order valence-electron chi connectivity index (χ2n) is 6.69. The first kappa shape index (κ1) is 17.6. The zero-order valence-corrected chi connectivity index (χ0v) is 14.8. The lowest BCUT2D eigenvalue weighted by Gasteiger charge is -2.30. The highest BCUT2D eigenvalue weighted by Gasteiger charge is 2.21. The fourth-order valence-corrected chi connectivity index (χ4v) is 3.45. The fourth-order valence-electron chi connectivity index (χ4n) is 3.45. The minimum Gasteiger partial charge on any atom is -0.376 e. The van der Waals surface area contributed by atoms with Crippen LogP contribution in [0.25, 0.3) is 16.7 Å². The van der Waals surface area contributed by atoms with Crippen LogP contribution in [0.15, 0.2) is 42.5 Å². The number of rotatable bonds is 4. The molecule has 2 aromatic carbocycles. The Labute approximate surface area is 155 Å². The number of hydrogen-bond acceptors (Lipinski definition) is 5. The van der Waals surface area contributed by atoms with Gasteiger partial charge in [0.25, 0.3) is 5.69 Å². The Hall–Kier alpha value is -2.84. The normalized spacial score (nSPS) is 18.1. The van der Waals surface area contributed by atoms with E-state index in [0.717, 1.165) is 30.1 Å². The van der Waals surface area contributed by atoms with Gasteiger partial charge in [-0.2, -0.15) is 0 Å². The van der Waals surface area contributed by atoms with Crippen molar-refractivity contribution in [2.24, 2.45) is 0 Å². The molecule has 0 aliphatic carbocycles. The van der Waals surface area contributed by atoms with Gasteiger partial charge in [-0.05, 0) is 37.3 Å². The summed E-state index contributed by atoms with van der Waals surface area (Å²) in [4.78, 5) is 17.6. The molecular formula is C19H19FN4O3. The lowest BCUT2D eigenvalue weighted by molar-refractivity contribution is -0.384. The van der Waals surface area contributed by atoms with E-state index >= 15 is 0 Å². The number of nitrogens with zero attached hydrogens (tertiary/aromatic N) is 4. The molecule has 1 fully saturated rings. The molecule has 1 aromatic heterocycles. The maximum atomic E-state index is 13.4. The molecule has 0 saturated carbocycles. The summed E-state index contributed by atoms with van der Waals surface area (Å²) < 4.78 is 20.9. The molecule has 8 heteroatoms. The van der Waals surface area contributed by atoms with Crippen molar-refractivity contribution in [1.82, 2.24) is 14.5 Å². The third-order valence-corrected chi connectivity index (χ3v) is 4.69. The van der Waals surface area contributed by atoms with Crippen molar-refractivity contribution < 1.29 is 14.1 Å². The number of nitro groups is 1. The monoisotopic (exact) mass is 370 g/mol. The van der Waals surface area contributed by atoms with E-state index in [-0.39, 0.29) is 17.6 Å². The van der Waals surface area contributed by atoms with Crippen molar-refractivity contribution in [2.45, 2.75) is 19.6 Å². The predicted octanol–water partition coefficient (Wildman–Crippen LogP) is 3.29. The minimum absolute atomic E-state index is 0.00204. The summed E-state index contributed by atoms with van der Waals surface area (Å²) in [5.74, 6) is 0.438. The molecule has 2 heterocycles. The van der Waals surface area contributed by atoms with Crippen LogP contribution in [0.1, 0.15) is 12.7 Å². The molecule has 27 heavy (non-hydrogen) atoms. The molecule has 140 valence electrons. The number of benzene rings is 2. The van der Waals surface area contributed by atoms with E-state index < -0.39 is 4.92 Å². The zero-order valence-electron chi connectivity index (χ0n) is 14.8. The summed E-state index contributed by atoms with van der Waals surface area (Å²) in [5, 5.41) is 11.1. The Kier molecular flexibility index (Phi) is 4.59. The number of non-ortho nitro benzene ring substituents is 1. The van der Waals surface area contributed by atoms with Gasteiger partial charge in [0.15, 0.2) is 0 Å². The molecule has 0 N–H and O–H groups in total. The first-order valence-corrected chi connectivity index (χ1v) is 8.77. The molecule has 1 aliphatic heterocycles. The van der Waals surface area contributed by atoms with Gasteiger partial charge in [0, 0.05) is 30.9 Å². The number of ether oxygens (including phenoxy) is 1. The van der Waals surface area contributed by atoms with E-state index in [1.54, 1.807) is 18.2 Å². The van der Waals surface area contributed by atoms with Gasteiger partial charge in [-0.1, -0.05) is 0 Å². The summed E-state index contributed by atoms with van der Waals surface area (Å²) in [5.41, 5.74) is 2.07. The lowest BCUT2D eigenvalue weighted by Crippen LogP contribution is -2.40. The Morgan fingerprint density at radius 3 is 2.78 bits per heavy atom. The standard InChI is InChI=1S/C19H19FN4O3/c1-13-11-22(8-9-27-13)12-19-21-17-10-16(24(25)26)6-7-18(17)23(19)15-4-2-14(20)3-5-15/h2-7,10,13H,8-9,11-12H2,1H3. The molecular weight excluding hydrogens is 351 g/mol. The third kappa shape index (κ3) is 3.54. The number of fused-ring (bicyclic) bond motifs is 1. The van der Waals surface area contributed by atoms with Crippen LogP contribution in [-0.2, 0) is 11.3 Å². The molecule has 1 aliphatic rings. The second-order valence-corrected chi connectivity index (χ2v) is 6.69. The van der Waals surface area contributed by atoms with Gasteiger partial charge < -0.3 is 4.74 Å². The van der Waals surface area contributed by atoms with Crippen LogP contribution in [0, 0.1) is 15.9 Å². The Morgan fingerprint density at radius 2 is 2.07 bits per heavy atom. The molecule has 1 atom stereocenters. The predicted molar refractivity (Wildman–Crippen MR) is 98.4 cm³/mol. The van der Waals surface area contributed by atoms with Gasteiger partial charge in [-0.25, -0.2) is 9.37 Å². The Bertz CT molecular complexity index is 987. The maximum Gasteiger partial charge on any atom is 0.271 e. The van der Waals surface area contributed by atoms with Crippen LogP contribution in [0.5, 0.6) is 0 Å². The van der Waals surface area contributed by atoms with E-state index in [0.29, 0.717) is 18.7 Å². The first-order valence-electron chi connectivity index (χ1n) is 8.77. The van der Waals surface area contributed by atoms with Gasteiger partial charge in [0.05, 0.1) is 35.2 Å². The SMILES string of the molecule is CC1CN(Cc2nc3cc([N+](=O)[O-])ccc3n2-c2ccc(F)cc2)CCO1. The summed E-state index contributed by atoms with van der Waals surface area (Å²) in [6.45, 7) is 4.83. The van der Waals surface area contributed by atoms with Crippen LogP contribution in [-0.4, -0.2) is 45.2 Å². The number of imidazole rings is 1. The maximum absolute atomic E-state index is 13.4. The third-order valence-electron chi connectivity index (χ3n) is 4.69. The highest BCUT2D eigenvalue weighted by molar-refractivity contribution is 5.80. The fraction of sp³-hybridized carbons (Fsp3) is 0.316. The number of morpholine rings is 1. The van der Waals surface area contributed by atoms with Crippen molar-refractivity contribution in [1.29, 1.82) is 0 Å². The molecule has 0 bridgehead atoms. The van der Waals surface area contributed by atoms with Crippen molar-refractivity contribution in [2.75, 3.05) is 19.7 Å². The van der Waals surface area contributed by atoms with E-state index in [1.165, 1.54) is 24.3 Å². The summed E-state index contributed by atoms with van der Waals surface area (Å²) >= 11 is 0. The van der Waals surface area contributed by atoms with E-state index in [1.807, 2.05) is 11.5 Å². The average molecular weight is 370 g/mol. The van der Waals surface area contributed by atoms with Crippen LogP contribution >= 0.6 is 0 Å². The van der Waals surface area contributed by atoms with E-state index in [9.17, 15) is 14.5 Å². The molecule has 0 amide bonds. The van der Waals surface area contributed by atoms with Crippen molar-refractivity contribution in [3.8, 4) is 5.69 Å². The topological polar surface area (TPSA) is 73.4 Å². The van der Waals surface area contributed by atoms with Crippen LogP contribution in [0.3, 0.4) is 0 Å². The van der Waals surface area contributed by atoms with Crippen molar-refractivity contribution >= 4 is 16.7 Å². The molecule has 4 rings (SSSR count). The van der Waals surface area contributed by atoms with Crippen molar-refractivity contribution in [3.05, 3.63) is 64.2 Å². The average Bonchev–Trinajstić information content (AvgIpc) is 2.99. The Balaban J connectivity index is 1.80. The summed E-state index contributed by atoms with van der Waals surface area (Å²) in [6.07, 6.45) is 0.142. The molecule has 1 saturated heterocycles. The summed E-state index contributed by atoms with van der Waals surface area (Å²) in [6, 6.07) is 10.8. The largest absolute Gasteiger partial charge is 0.376 e. The number of hydrogen-bond donors (Lipinski definition) is 0. The van der Waals surface area contributed by atoms with Crippen LogP contribution in [0.4, 0.5) is 10.1 Å². The van der Waals surface area contributed by atoms with Gasteiger partial charge in [0.2, 0.25) is 0 Å². The molecule has 3 aromatic rings. The van der Waals surface area contributed by atoms with Gasteiger partial charge in [-0.15, -0.1) is 0 Å². The van der Waals surface area contributed by atoms with E-state index in [4.69, 9.17) is 4.74 Å². The zero-order chi connectivity index (χ0) is 19.0. The van der Waals surface area contributed by atoms with E-state index in [2.05, 4.69) is 9.88 Å². The first-order chi connectivity index (χ1) is 13.0. The molecule has 0 radical (unpaired) electrons. The number of aromatic nitrogens is 2. The molecule has 7 nitrogen and oxygen atoms in total. The second kappa shape index (κ2) is 7.05. The van der Waals surface area contributed by atoms with Crippen LogP contribution < -0.4 is 0 Å². The lowest BCUT2D eigenvalue weighted by atomic mass is 10.2. The highest BCUT2D eigenvalue weighted by Crippen LogP contribution is 2.26. The number of halogens is 1. The quantitative estimate of drug-likeness (QED) is 0.520. The van der Waals surface area contributed by atoms with Gasteiger partial charge in [-0.3, -0.25) is 19.6 Å². The summed E-state index contributed by atoms with van der Waals surface area (Å²) in [7, 11) is 0. The number of nitro benzene ring substituents is 1. The highest BCUT2D eigenvalue weighted by atomic mass is 19.1. The Morgan fingerprint density at radius 1 is 1.30 bits per heavy atom. The van der Waals surface area contributed by atoms with Crippen LogP contribution in [0.2, 0.25) is 0 Å². The van der Waals surface area contributed by atoms with Crippen molar-refractivity contribution in [3.63, 3.8) is 0 Å². The van der Waals surface area contributed by atoms with Gasteiger partial charge in [0.1, 0.15) is 11.6 Å². The minimum atomic E-state index is -0.431. The molecule has 1 unspecified atom stereocenters. The smallest absolute Gasteiger partial charge is 0.271 e. The van der Waals surface area contributed by atoms with Gasteiger partial charge >= 0.3 is 0 Å². The molecule has 0 spiro atoms.